The summed E-state index contributed by atoms with van der Waals surface area (Å²) < 4.78 is 0. The lowest BCUT2D eigenvalue weighted by Crippen LogP contribution is -2.39. The number of nitrogens with one attached hydrogen (secondary N) is 2. The van der Waals surface area contributed by atoms with Crippen LogP contribution in [-0.4, -0.2) is 25.0 Å². The number of rotatable bonds is 1. The molecule has 0 bridgehead atoms. The first-order valence-electron chi connectivity index (χ1n) is 4.86. The molecule has 2 saturated heterocycles. The van der Waals surface area contributed by atoms with E-state index in [1.54, 1.807) is 0 Å². The zero-order valence-corrected chi connectivity index (χ0v) is 7.31. The molecule has 0 aromatic carbocycles. The predicted molar refractivity (Wildman–Crippen MR) is 46.8 cm³/mol. The summed E-state index contributed by atoms with van der Waals surface area (Å²) in [6.07, 6.45) is 4.26. The second kappa shape index (κ2) is 3.44. The molecule has 1 amide bonds. The molecule has 3 nitrogen and oxygen atoms in total. The van der Waals surface area contributed by atoms with Gasteiger partial charge >= 0.3 is 0 Å². The lowest BCUT2D eigenvalue weighted by molar-refractivity contribution is -0.119. The van der Waals surface area contributed by atoms with Crippen LogP contribution in [0.4, 0.5) is 0 Å². The second-order valence-corrected chi connectivity index (χ2v) is 3.80. The predicted octanol–water partition coefficient (Wildman–Crippen LogP) is 0.265. The topological polar surface area (TPSA) is 41.1 Å². The molecule has 0 radical (unpaired) electrons. The number of hydrogen-bond acceptors (Lipinski definition) is 2. The first-order valence-corrected chi connectivity index (χ1v) is 4.86. The minimum atomic E-state index is 0.249. The summed E-state index contributed by atoms with van der Waals surface area (Å²) in [7, 11) is 0. The van der Waals surface area contributed by atoms with E-state index in [0.717, 1.165) is 31.8 Å². The van der Waals surface area contributed by atoms with Crippen LogP contribution in [0.2, 0.25) is 0 Å². The molecular weight excluding hydrogens is 152 g/mol. The van der Waals surface area contributed by atoms with Crippen molar-refractivity contribution in [3.8, 4) is 0 Å². The van der Waals surface area contributed by atoms with E-state index in [4.69, 9.17) is 0 Å². The lowest BCUT2D eigenvalue weighted by atomic mass is 9.89. The van der Waals surface area contributed by atoms with E-state index < -0.39 is 0 Å². The van der Waals surface area contributed by atoms with Gasteiger partial charge in [0.05, 0.1) is 0 Å². The van der Waals surface area contributed by atoms with Crippen LogP contribution < -0.4 is 10.6 Å². The fourth-order valence-corrected chi connectivity index (χ4v) is 2.24. The number of carbonyl (C=O) groups excluding carboxylic acids is 1. The van der Waals surface area contributed by atoms with Crippen molar-refractivity contribution in [3.05, 3.63) is 0 Å². The molecule has 2 N–H and O–H groups in total. The molecule has 2 fully saturated rings. The fourth-order valence-electron chi connectivity index (χ4n) is 2.24. The third-order valence-electron chi connectivity index (χ3n) is 2.98. The van der Waals surface area contributed by atoms with Gasteiger partial charge in [-0.25, -0.2) is 0 Å². The Kier molecular flexibility index (Phi) is 2.30. The number of carbonyl (C=O) groups is 1. The van der Waals surface area contributed by atoms with Gasteiger partial charge in [0.2, 0.25) is 5.91 Å². The van der Waals surface area contributed by atoms with Gasteiger partial charge in [0.15, 0.2) is 0 Å². The van der Waals surface area contributed by atoms with E-state index in [0.29, 0.717) is 6.04 Å². The van der Waals surface area contributed by atoms with Crippen molar-refractivity contribution in [2.45, 2.75) is 31.7 Å². The molecule has 2 heterocycles. The van der Waals surface area contributed by atoms with Crippen molar-refractivity contribution in [2.24, 2.45) is 5.92 Å². The van der Waals surface area contributed by atoms with Crippen molar-refractivity contribution in [1.82, 2.24) is 10.6 Å². The van der Waals surface area contributed by atoms with Crippen molar-refractivity contribution >= 4 is 5.91 Å². The van der Waals surface area contributed by atoms with Gasteiger partial charge in [-0.2, -0.15) is 0 Å². The molecule has 3 heteroatoms. The van der Waals surface area contributed by atoms with E-state index in [1.165, 1.54) is 12.8 Å². The number of piperidine rings is 1. The van der Waals surface area contributed by atoms with E-state index >= 15 is 0 Å². The Morgan fingerprint density at radius 2 is 1.92 bits per heavy atom. The molecule has 12 heavy (non-hydrogen) atoms. The number of amides is 1. The zero-order valence-electron chi connectivity index (χ0n) is 7.31. The molecule has 0 aromatic heterocycles. The summed E-state index contributed by atoms with van der Waals surface area (Å²) >= 11 is 0. The average molecular weight is 168 g/mol. The Morgan fingerprint density at radius 3 is 2.50 bits per heavy atom. The lowest BCUT2D eigenvalue weighted by Gasteiger charge is -2.27. The molecule has 2 aliphatic rings. The van der Waals surface area contributed by atoms with Crippen LogP contribution in [0, 0.1) is 5.92 Å². The van der Waals surface area contributed by atoms with Crippen LogP contribution in [0.5, 0.6) is 0 Å². The highest BCUT2D eigenvalue weighted by atomic mass is 16.1. The molecule has 0 unspecified atom stereocenters. The van der Waals surface area contributed by atoms with Crippen LogP contribution in [0.15, 0.2) is 0 Å². The highest BCUT2D eigenvalue weighted by Crippen LogP contribution is 2.22. The maximum absolute atomic E-state index is 11.0. The Morgan fingerprint density at radius 1 is 1.17 bits per heavy atom. The van der Waals surface area contributed by atoms with Gasteiger partial charge in [-0.15, -0.1) is 0 Å². The maximum Gasteiger partial charge on any atom is 0.220 e. The van der Waals surface area contributed by atoms with Gasteiger partial charge in [0.1, 0.15) is 0 Å². The third kappa shape index (κ3) is 1.61. The molecule has 1 atom stereocenters. The van der Waals surface area contributed by atoms with Gasteiger partial charge in [-0.3, -0.25) is 4.79 Å². The zero-order chi connectivity index (χ0) is 8.39. The Balaban J connectivity index is 1.86. The SMILES string of the molecule is O=C1CC[C@H](C2CCNCC2)N1. The van der Waals surface area contributed by atoms with Crippen LogP contribution in [0.25, 0.3) is 0 Å². The molecule has 0 saturated carbocycles. The molecule has 68 valence electrons. The van der Waals surface area contributed by atoms with E-state index in [9.17, 15) is 4.79 Å². The number of hydrogen-bond donors (Lipinski definition) is 2. The van der Waals surface area contributed by atoms with Crippen LogP contribution in [0.3, 0.4) is 0 Å². The van der Waals surface area contributed by atoms with E-state index in [1.807, 2.05) is 0 Å². The molecule has 0 spiro atoms. The molecule has 0 aliphatic carbocycles. The quantitative estimate of drug-likeness (QED) is 0.590. The van der Waals surface area contributed by atoms with E-state index in [2.05, 4.69) is 10.6 Å². The van der Waals surface area contributed by atoms with Gasteiger partial charge in [-0.05, 0) is 38.3 Å². The minimum absolute atomic E-state index is 0.249. The van der Waals surface area contributed by atoms with Crippen molar-refractivity contribution < 1.29 is 4.79 Å². The van der Waals surface area contributed by atoms with Crippen molar-refractivity contribution in [2.75, 3.05) is 13.1 Å². The van der Waals surface area contributed by atoms with Crippen molar-refractivity contribution in [1.29, 1.82) is 0 Å². The maximum atomic E-state index is 11.0. The van der Waals surface area contributed by atoms with Crippen LogP contribution in [-0.2, 0) is 4.79 Å². The minimum Gasteiger partial charge on any atom is -0.353 e. The van der Waals surface area contributed by atoms with Crippen molar-refractivity contribution in [3.63, 3.8) is 0 Å². The normalized spacial score (nSPS) is 32.0. The molecule has 2 aliphatic heterocycles. The molecular formula is C9H16N2O. The second-order valence-electron chi connectivity index (χ2n) is 3.80. The summed E-state index contributed by atoms with van der Waals surface area (Å²) in [5.41, 5.74) is 0. The highest BCUT2D eigenvalue weighted by Gasteiger charge is 2.29. The Hall–Kier alpha value is -0.570. The first kappa shape index (κ1) is 8.05. The smallest absolute Gasteiger partial charge is 0.220 e. The van der Waals surface area contributed by atoms with Gasteiger partial charge in [-0.1, -0.05) is 0 Å². The summed E-state index contributed by atoms with van der Waals surface area (Å²) in [5.74, 6) is 0.983. The molecule has 0 aromatic rings. The van der Waals surface area contributed by atoms with Gasteiger partial charge in [0, 0.05) is 12.5 Å². The summed E-state index contributed by atoms with van der Waals surface area (Å²) in [6.45, 7) is 2.24. The highest BCUT2D eigenvalue weighted by molar-refractivity contribution is 5.78. The Labute approximate surface area is 72.9 Å². The fraction of sp³-hybridized carbons (Fsp3) is 0.889. The summed E-state index contributed by atoms with van der Waals surface area (Å²) in [4.78, 5) is 11.0. The summed E-state index contributed by atoms with van der Waals surface area (Å²) in [6, 6.07) is 0.486. The Bertz CT molecular complexity index is 175. The van der Waals surface area contributed by atoms with Crippen LogP contribution >= 0.6 is 0 Å². The largest absolute Gasteiger partial charge is 0.353 e. The summed E-state index contributed by atoms with van der Waals surface area (Å²) in [5, 5.41) is 6.39. The average Bonchev–Trinajstić information content (AvgIpc) is 2.54. The first-order chi connectivity index (χ1) is 5.86. The standard InChI is InChI=1S/C9H16N2O/c12-9-2-1-8(11-9)7-3-5-10-6-4-7/h7-8,10H,1-6H2,(H,11,12)/t8-/m1/s1. The monoisotopic (exact) mass is 168 g/mol. The van der Waals surface area contributed by atoms with Crippen LogP contribution in [0.1, 0.15) is 25.7 Å². The van der Waals surface area contributed by atoms with Gasteiger partial charge < -0.3 is 10.6 Å². The van der Waals surface area contributed by atoms with E-state index in [-0.39, 0.29) is 5.91 Å². The third-order valence-corrected chi connectivity index (χ3v) is 2.98. The molecule has 2 rings (SSSR count). The van der Waals surface area contributed by atoms with Gasteiger partial charge in [0.25, 0.3) is 0 Å².